The van der Waals surface area contributed by atoms with Crippen LogP contribution in [-0.4, -0.2) is 26.0 Å². The molecule has 2 aliphatic rings. The number of hydrogen-bond acceptors (Lipinski definition) is 5. The number of hydrogen-bond donors (Lipinski definition) is 1. The van der Waals surface area contributed by atoms with Crippen LogP contribution in [0.15, 0.2) is 59.3 Å². The van der Waals surface area contributed by atoms with E-state index < -0.39 is 11.9 Å². The zero-order chi connectivity index (χ0) is 20.0. The van der Waals surface area contributed by atoms with Crippen molar-refractivity contribution in [3.05, 3.63) is 81.0 Å². The molecule has 1 heterocycles. The average Bonchev–Trinajstić information content (AvgIpc) is 2.98. The van der Waals surface area contributed by atoms with Crippen molar-refractivity contribution in [2.45, 2.75) is 12.8 Å². The average molecular weight is 396 g/mol. The van der Waals surface area contributed by atoms with Crippen molar-refractivity contribution in [3.63, 3.8) is 0 Å². The number of ether oxygens (including phenoxy) is 2. The largest absolute Gasteiger partial charge is 0.495 e. The van der Waals surface area contributed by atoms with Crippen LogP contribution < -0.4 is 10.1 Å². The topological polar surface area (TPSA) is 64.6 Å². The Kier molecular flexibility index (Phi) is 4.47. The van der Waals surface area contributed by atoms with Gasteiger partial charge >= 0.3 is 5.97 Å². The van der Waals surface area contributed by atoms with E-state index in [0.29, 0.717) is 33.2 Å². The fraction of sp³-hybridized carbons (Fsp3) is 0.182. The van der Waals surface area contributed by atoms with Gasteiger partial charge in [0.2, 0.25) is 0 Å². The van der Waals surface area contributed by atoms with E-state index in [1.807, 2.05) is 24.3 Å². The summed E-state index contributed by atoms with van der Waals surface area (Å²) in [4.78, 5) is 25.9. The monoisotopic (exact) mass is 395 g/mol. The number of dihydropyridines is 1. The predicted octanol–water partition coefficient (Wildman–Crippen LogP) is 4.09. The fourth-order valence-corrected chi connectivity index (χ4v) is 4.17. The second-order valence-electron chi connectivity index (χ2n) is 6.65. The molecule has 0 bridgehead atoms. The Labute approximate surface area is 167 Å². The summed E-state index contributed by atoms with van der Waals surface area (Å²) in [5.41, 5.74) is 4.45. The SMILES string of the molecule is COC(=O)C1=C(C)NC2=C(C(=O)c3ccccc32)[C@H]1c1ccc(OC)c(Cl)c1. The Morgan fingerprint density at radius 2 is 1.82 bits per heavy atom. The van der Waals surface area contributed by atoms with Crippen LogP contribution in [0.1, 0.15) is 34.3 Å². The third-order valence-electron chi connectivity index (χ3n) is 5.16. The van der Waals surface area contributed by atoms with Crippen molar-refractivity contribution in [2.24, 2.45) is 0 Å². The Morgan fingerprint density at radius 1 is 1.11 bits per heavy atom. The van der Waals surface area contributed by atoms with Crippen molar-refractivity contribution in [1.82, 2.24) is 5.32 Å². The normalized spacial score (nSPS) is 17.9. The highest BCUT2D eigenvalue weighted by Gasteiger charge is 2.42. The molecular formula is C22H18ClNO4. The molecule has 0 aromatic heterocycles. The van der Waals surface area contributed by atoms with Crippen LogP contribution in [0.5, 0.6) is 5.75 Å². The number of allylic oxidation sites excluding steroid dienone is 2. The van der Waals surface area contributed by atoms with Crippen LogP contribution in [0.2, 0.25) is 5.02 Å². The molecule has 0 saturated heterocycles. The molecule has 1 N–H and O–H groups in total. The molecule has 0 radical (unpaired) electrons. The van der Waals surface area contributed by atoms with E-state index in [-0.39, 0.29) is 5.78 Å². The number of nitrogens with one attached hydrogen (secondary N) is 1. The number of fused-ring (bicyclic) bond motifs is 2. The van der Waals surface area contributed by atoms with Crippen molar-refractivity contribution in [2.75, 3.05) is 14.2 Å². The summed E-state index contributed by atoms with van der Waals surface area (Å²) in [6, 6.07) is 12.7. The fourth-order valence-electron chi connectivity index (χ4n) is 3.91. The third kappa shape index (κ3) is 2.62. The second kappa shape index (κ2) is 6.84. The Hall–Kier alpha value is -3.05. The van der Waals surface area contributed by atoms with Crippen molar-refractivity contribution < 1.29 is 19.1 Å². The standard InChI is InChI=1S/C22H18ClNO4/c1-11-17(22(26)28-3)18(12-8-9-16(27-2)15(23)10-12)19-20(24-11)13-6-4-5-7-14(13)21(19)25/h4-10,18,24H,1-3H3/t18-/m0/s1. The lowest BCUT2D eigenvalue weighted by molar-refractivity contribution is -0.136. The van der Waals surface area contributed by atoms with Gasteiger partial charge in [-0.25, -0.2) is 4.79 Å². The van der Waals surface area contributed by atoms with Crippen LogP contribution in [-0.2, 0) is 9.53 Å². The van der Waals surface area contributed by atoms with Gasteiger partial charge in [0.25, 0.3) is 0 Å². The molecule has 1 aliphatic carbocycles. The van der Waals surface area contributed by atoms with Crippen LogP contribution in [0.3, 0.4) is 0 Å². The molecule has 2 aromatic carbocycles. The summed E-state index contributed by atoms with van der Waals surface area (Å²) in [7, 11) is 2.86. The first-order valence-corrected chi connectivity index (χ1v) is 9.13. The summed E-state index contributed by atoms with van der Waals surface area (Å²) in [5, 5.41) is 3.65. The summed E-state index contributed by atoms with van der Waals surface area (Å²) >= 11 is 6.34. The van der Waals surface area contributed by atoms with Gasteiger partial charge in [0.1, 0.15) is 5.75 Å². The number of rotatable bonds is 3. The molecule has 4 rings (SSSR count). The highest BCUT2D eigenvalue weighted by Crippen LogP contribution is 2.47. The molecule has 0 unspecified atom stereocenters. The lowest BCUT2D eigenvalue weighted by atomic mass is 9.80. The van der Waals surface area contributed by atoms with E-state index in [4.69, 9.17) is 21.1 Å². The van der Waals surface area contributed by atoms with Crippen LogP contribution >= 0.6 is 11.6 Å². The zero-order valence-corrected chi connectivity index (χ0v) is 16.4. The van der Waals surface area contributed by atoms with Gasteiger partial charge in [0.15, 0.2) is 5.78 Å². The molecule has 0 fully saturated rings. The van der Waals surface area contributed by atoms with Gasteiger partial charge in [-0.1, -0.05) is 41.9 Å². The summed E-state index contributed by atoms with van der Waals surface area (Å²) in [6.45, 7) is 1.81. The van der Waals surface area contributed by atoms with Crippen molar-refractivity contribution in [1.29, 1.82) is 0 Å². The molecule has 142 valence electrons. The van der Waals surface area contributed by atoms with E-state index in [2.05, 4.69) is 5.32 Å². The number of benzene rings is 2. The molecule has 2 aromatic rings. The minimum Gasteiger partial charge on any atom is -0.495 e. The smallest absolute Gasteiger partial charge is 0.336 e. The van der Waals surface area contributed by atoms with E-state index in [0.717, 1.165) is 16.8 Å². The van der Waals surface area contributed by atoms with E-state index in [1.54, 1.807) is 25.1 Å². The summed E-state index contributed by atoms with van der Waals surface area (Å²) in [5.74, 6) is -0.664. The molecule has 1 aliphatic heterocycles. The molecule has 6 heteroatoms. The number of esters is 1. The van der Waals surface area contributed by atoms with E-state index in [9.17, 15) is 9.59 Å². The van der Waals surface area contributed by atoms with Gasteiger partial charge in [-0.2, -0.15) is 0 Å². The van der Waals surface area contributed by atoms with Gasteiger partial charge in [-0.05, 0) is 24.6 Å². The number of ketones is 1. The van der Waals surface area contributed by atoms with Crippen LogP contribution in [0.25, 0.3) is 5.70 Å². The molecule has 28 heavy (non-hydrogen) atoms. The van der Waals surface area contributed by atoms with Crippen molar-refractivity contribution in [3.8, 4) is 5.75 Å². The third-order valence-corrected chi connectivity index (χ3v) is 5.46. The highest BCUT2D eigenvalue weighted by molar-refractivity contribution is 6.32. The number of Topliss-reactive ketones (excluding diaryl/α,β-unsaturated/α-hetero) is 1. The number of carbonyl (C=O) groups excluding carboxylic acids is 2. The van der Waals surface area contributed by atoms with Gasteiger partial charge in [-0.15, -0.1) is 0 Å². The lowest BCUT2D eigenvalue weighted by Crippen LogP contribution is -2.29. The maximum atomic E-state index is 13.3. The molecular weight excluding hydrogens is 378 g/mol. The molecule has 5 nitrogen and oxygen atoms in total. The second-order valence-corrected chi connectivity index (χ2v) is 7.05. The Bertz CT molecular complexity index is 1080. The van der Waals surface area contributed by atoms with Gasteiger partial charge < -0.3 is 14.8 Å². The molecule has 0 saturated carbocycles. The number of halogens is 1. The first-order chi connectivity index (χ1) is 13.5. The van der Waals surface area contributed by atoms with Gasteiger partial charge in [0, 0.05) is 28.3 Å². The number of methoxy groups -OCH3 is 2. The lowest BCUT2D eigenvalue weighted by Gasteiger charge is -2.29. The number of carbonyl (C=O) groups is 2. The van der Waals surface area contributed by atoms with Crippen LogP contribution in [0.4, 0.5) is 0 Å². The Morgan fingerprint density at radius 3 is 2.46 bits per heavy atom. The zero-order valence-electron chi connectivity index (χ0n) is 15.6. The molecule has 0 spiro atoms. The van der Waals surface area contributed by atoms with Gasteiger partial charge in [0.05, 0.1) is 30.5 Å². The van der Waals surface area contributed by atoms with E-state index >= 15 is 0 Å². The molecule has 1 atom stereocenters. The minimum absolute atomic E-state index is 0.107. The first-order valence-electron chi connectivity index (χ1n) is 8.75. The first kappa shape index (κ1) is 18.3. The van der Waals surface area contributed by atoms with Crippen molar-refractivity contribution >= 4 is 29.1 Å². The highest BCUT2D eigenvalue weighted by atomic mass is 35.5. The summed E-state index contributed by atoms with van der Waals surface area (Å²) in [6.07, 6.45) is 0. The van der Waals surface area contributed by atoms with Gasteiger partial charge in [-0.3, -0.25) is 4.79 Å². The van der Waals surface area contributed by atoms with Crippen LogP contribution in [0, 0.1) is 0 Å². The quantitative estimate of drug-likeness (QED) is 0.793. The van der Waals surface area contributed by atoms with E-state index in [1.165, 1.54) is 14.2 Å². The maximum absolute atomic E-state index is 13.3. The predicted molar refractivity (Wildman–Crippen MR) is 106 cm³/mol. The Balaban J connectivity index is 1.95. The maximum Gasteiger partial charge on any atom is 0.336 e. The summed E-state index contributed by atoms with van der Waals surface area (Å²) < 4.78 is 10.3. The molecule has 0 amide bonds. The minimum atomic E-state index is -0.591.